The minimum absolute atomic E-state index is 0.599. The predicted molar refractivity (Wildman–Crippen MR) is 40.3 cm³/mol. The van der Waals surface area contributed by atoms with Gasteiger partial charge in [-0.3, -0.25) is 0 Å². The molecule has 0 amide bonds. The molecule has 0 spiro atoms. The van der Waals surface area contributed by atoms with Crippen molar-refractivity contribution in [3.63, 3.8) is 0 Å². The van der Waals surface area contributed by atoms with Crippen LogP contribution in [0.4, 0.5) is 0 Å². The third kappa shape index (κ3) is 1.73. The van der Waals surface area contributed by atoms with Crippen LogP contribution in [0.1, 0.15) is 6.93 Å². The summed E-state index contributed by atoms with van der Waals surface area (Å²) in [6.45, 7) is 3.61. The average molecular weight is 119 g/mol. The van der Waals surface area contributed by atoms with E-state index in [1.54, 1.807) is 6.07 Å². The zero-order valence-corrected chi connectivity index (χ0v) is 5.30. The number of hydrogen-bond acceptors (Lipinski definition) is 0. The maximum Gasteiger partial charge on any atom is 0.0626 e. The van der Waals surface area contributed by atoms with Crippen LogP contribution in [0, 0.1) is 0 Å². The van der Waals surface area contributed by atoms with Gasteiger partial charge in [-0.15, -0.1) is 6.58 Å². The molecule has 0 bridgehead atoms. The smallest absolute Gasteiger partial charge is 0.0626 e. The number of hydrogen-bond donors (Lipinski definition) is 0. The van der Waals surface area contributed by atoms with Crippen molar-refractivity contribution in [1.29, 1.82) is 0 Å². The summed E-state index contributed by atoms with van der Waals surface area (Å²) in [5.74, 6) is 0. The highest BCUT2D eigenvalue weighted by Crippen LogP contribution is 1.98. The Balaban J connectivity index is 2.91. The van der Waals surface area contributed by atoms with Crippen molar-refractivity contribution in [2.75, 3.05) is 0 Å². The predicted octanol–water partition coefficient (Wildman–Crippen LogP) is 2.42. The van der Waals surface area contributed by atoms with E-state index in [1.165, 1.54) is 0 Å². The maximum absolute atomic E-state index is 7.43. The summed E-state index contributed by atoms with van der Waals surface area (Å²) in [4.78, 5) is 0. The van der Waals surface area contributed by atoms with Crippen LogP contribution in [0.3, 0.4) is 0 Å². The van der Waals surface area contributed by atoms with Crippen molar-refractivity contribution < 1.29 is 1.37 Å². The summed E-state index contributed by atoms with van der Waals surface area (Å²) in [7, 11) is 0. The molecule has 0 aliphatic rings. The minimum Gasteiger partial charge on any atom is -0.103 e. The first-order valence-corrected chi connectivity index (χ1v) is 3.00. The summed E-state index contributed by atoms with van der Waals surface area (Å²) in [5, 5.41) is 0. The van der Waals surface area contributed by atoms with E-state index < -0.39 is 0 Å². The fourth-order valence-corrected chi connectivity index (χ4v) is 0.713. The van der Waals surface area contributed by atoms with Gasteiger partial charge < -0.3 is 0 Å². The molecule has 0 saturated carbocycles. The fraction of sp³-hybridized carbons (Fsp3) is 0.111. The summed E-state index contributed by atoms with van der Waals surface area (Å²) >= 11 is 0. The molecule has 0 aliphatic carbocycles. The normalized spacial score (nSPS) is 10.4. The molecule has 0 radical (unpaired) electrons. The van der Waals surface area contributed by atoms with Crippen molar-refractivity contribution in [1.82, 2.24) is 0 Å². The lowest BCUT2D eigenvalue weighted by atomic mass is 10.2. The Kier molecular flexibility index (Phi) is 1.64. The van der Waals surface area contributed by atoms with Crippen LogP contribution in [-0.4, -0.2) is 0 Å². The van der Waals surface area contributed by atoms with E-state index in [1.807, 2.05) is 24.3 Å². The van der Waals surface area contributed by atoms with Gasteiger partial charge in [0.2, 0.25) is 0 Å². The first-order valence-electron chi connectivity index (χ1n) is 3.50. The third-order valence-corrected chi connectivity index (χ3v) is 1.14. The van der Waals surface area contributed by atoms with E-state index in [-0.39, 0.29) is 0 Å². The van der Waals surface area contributed by atoms with Gasteiger partial charge in [0.1, 0.15) is 0 Å². The highest BCUT2D eigenvalue weighted by Gasteiger charge is 1.82. The lowest BCUT2D eigenvalue weighted by molar-refractivity contribution is 1.28. The summed E-state index contributed by atoms with van der Waals surface area (Å²) in [6.07, 6.45) is 2.60. The van der Waals surface area contributed by atoms with Gasteiger partial charge in [0.25, 0.3) is 0 Å². The van der Waals surface area contributed by atoms with Gasteiger partial charge in [-0.1, -0.05) is 36.4 Å². The first kappa shape index (κ1) is 4.80. The number of benzene rings is 1. The summed E-state index contributed by atoms with van der Waals surface area (Å²) in [5.41, 5.74) is 1.04. The quantitative estimate of drug-likeness (QED) is 0.524. The number of rotatable bonds is 2. The van der Waals surface area contributed by atoms with Gasteiger partial charge in [0.15, 0.2) is 0 Å². The largest absolute Gasteiger partial charge is 0.103 e. The molecular weight excluding hydrogens is 108 g/mol. The third-order valence-electron chi connectivity index (χ3n) is 1.14. The summed E-state index contributed by atoms with van der Waals surface area (Å²) < 4.78 is 7.43. The number of allylic oxidation sites excluding steroid dienone is 1. The maximum atomic E-state index is 7.43. The molecule has 1 aromatic rings. The molecule has 0 heterocycles. The molecule has 0 aliphatic heterocycles. The van der Waals surface area contributed by atoms with Crippen molar-refractivity contribution >= 4 is 0 Å². The minimum atomic E-state index is 0.599. The molecule has 0 saturated heterocycles. The molecule has 1 rings (SSSR count). The van der Waals surface area contributed by atoms with E-state index in [4.69, 9.17) is 1.37 Å². The first-order chi connectivity index (χ1) is 4.84. The molecule has 0 nitrogen and oxygen atoms in total. The van der Waals surface area contributed by atoms with E-state index in [2.05, 4.69) is 6.58 Å². The lowest BCUT2D eigenvalue weighted by Gasteiger charge is -1.91. The van der Waals surface area contributed by atoms with Crippen LogP contribution >= 0.6 is 0 Å². The van der Waals surface area contributed by atoms with E-state index in [0.29, 0.717) is 6.04 Å². The van der Waals surface area contributed by atoms with Gasteiger partial charge in [-0.2, -0.15) is 0 Å². The second-order valence-corrected chi connectivity index (χ2v) is 1.88. The molecule has 0 atom stereocenters. The molecular formula is C9H10. The van der Waals surface area contributed by atoms with Crippen LogP contribution in [-0.2, 0) is 6.42 Å². The Bertz CT molecular complexity index is 228. The van der Waals surface area contributed by atoms with Crippen molar-refractivity contribution in [2.45, 2.75) is 6.42 Å². The second-order valence-electron chi connectivity index (χ2n) is 1.88. The average Bonchev–Trinajstić information content (AvgIpc) is 1.94. The van der Waals surface area contributed by atoms with Crippen LogP contribution in [0.5, 0.6) is 0 Å². The highest BCUT2D eigenvalue weighted by atomic mass is 13.9. The Morgan fingerprint density at radius 2 is 2.44 bits per heavy atom. The van der Waals surface area contributed by atoms with E-state index in [0.717, 1.165) is 12.0 Å². The molecule has 0 fully saturated rings. The Morgan fingerprint density at radius 1 is 1.56 bits per heavy atom. The molecule has 0 N–H and O–H groups in total. The van der Waals surface area contributed by atoms with E-state index in [9.17, 15) is 0 Å². The molecule has 46 valence electrons. The van der Waals surface area contributed by atoms with Gasteiger partial charge in [0.05, 0.1) is 1.37 Å². The Morgan fingerprint density at radius 3 is 3.11 bits per heavy atom. The lowest BCUT2D eigenvalue weighted by Crippen LogP contribution is -1.75. The molecule has 0 unspecified atom stereocenters. The van der Waals surface area contributed by atoms with Crippen LogP contribution in [0.15, 0.2) is 43.0 Å². The van der Waals surface area contributed by atoms with Crippen LogP contribution < -0.4 is 0 Å². The zero-order valence-electron chi connectivity index (χ0n) is 6.30. The van der Waals surface area contributed by atoms with Gasteiger partial charge in [0, 0.05) is 0 Å². The van der Waals surface area contributed by atoms with Gasteiger partial charge in [-0.05, 0) is 12.0 Å². The Hall–Kier alpha value is -1.04. The van der Waals surface area contributed by atoms with Gasteiger partial charge >= 0.3 is 0 Å². The van der Waals surface area contributed by atoms with Crippen molar-refractivity contribution in [3.8, 4) is 0 Å². The molecule has 0 heteroatoms. The highest BCUT2D eigenvalue weighted by molar-refractivity contribution is 5.16. The van der Waals surface area contributed by atoms with Gasteiger partial charge in [-0.25, -0.2) is 0 Å². The second kappa shape index (κ2) is 3.08. The van der Waals surface area contributed by atoms with Crippen molar-refractivity contribution in [3.05, 3.63) is 48.5 Å². The summed E-state index contributed by atoms with van der Waals surface area (Å²) in [6, 6.07) is 8.15. The SMILES string of the molecule is [2H]c1ccccc1CC=C. The van der Waals surface area contributed by atoms with Crippen LogP contribution in [0.2, 0.25) is 0 Å². The topological polar surface area (TPSA) is 0 Å². The molecule has 0 aromatic heterocycles. The van der Waals surface area contributed by atoms with Crippen molar-refractivity contribution in [2.24, 2.45) is 0 Å². The standard InChI is InChI=1S/C9H10/c1-2-6-9-7-4-3-5-8-9/h2-5,7-8H,1,6H2/i7D. The van der Waals surface area contributed by atoms with Crippen LogP contribution in [0.25, 0.3) is 0 Å². The molecule has 1 aromatic carbocycles. The fourth-order valence-electron chi connectivity index (χ4n) is 0.713. The zero-order chi connectivity index (χ0) is 7.40. The Labute approximate surface area is 57.2 Å². The molecule has 9 heavy (non-hydrogen) atoms. The monoisotopic (exact) mass is 119 g/mol. The van der Waals surface area contributed by atoms with E-state index >= 15 is 0 Å².